The summed E-state index contributed by atoms with van der Waals surface area (Å²) in [6.45, 7) is 0. The summed E-state index contributed by atoms with van der Waals surface area (Å²) >= 11 is 3.30. The Labute approximate surface area is 155 Å². The summed E-state index contributed by atoms with van der Waals surface area (Å²) in [4.78, 5) is 42.2. The van der Waals surface area contributed by atoms with Crippen LogP contribution in [0.25, 0.3) is 0 Å². The molecule has 8 nitrogen and oxygen atoms in total. The Hall–Kier alpha value is -3.07. The summed E-state index contributed by atoms with van der Waals surface area (Å²) in [5.41, 5.74) is 0.900. The maximum absolute atomic E-state index is 12.9. The zero-order valence-electron chi connectivity index (χ0n) is 13.0. The number of carbonyl (C=O) groups excluding carboxylic acids is 2. The number of hydrogen-bond acceptors (Lipinski definition) is 6. The lowest BCUT2D eigenvalue weighted by molar-refractivity contribution is -0.384. The highest BCUT2D eigenvalue weighted by molar-refractivity contribution is 9.10. The predicted molar refractivity (Wildman–Crippen MR) is 94.6 cm³/mol. The number of carbonyl (C=O) groups is 2. The Bertz CT molecular complexity index is 973. The third-order valence-corrected chi connectivity index (χ3v) is 4.78. The Morgan fingerprint density at radius 2 is 1.85 bits per heavy atom. The molecule has 1 fully saturated rings. The van der Waals surface area contributed by atoms with E-state index in [1.807, 2.05) is 0 Å². The number of fused-ring (bicyclic) bond motifs is 1. The van der Waals surface area contributed by atoms with E-state index in [0.717, 1.165) is 9.37 Å². The minimum absolute atomic E-state index is 0.129. The van der Waals surface area contributed by atoms with Gasteiger partial charge in [-0.15, -0.1) is 0 Å². The van der Waals surface area contributed by atoms with E-state index in [1.54, 1.807) is 30.3 Å². The van der Waals surface area contributed by atoms with Crippen LogP contribution in [0.3, 0.4) is 0 Å². The van der Waals surface area contributed by atoms with Gasteiger partial charge >= 0.3 is 0 Å². The number of hydrogen-bond donors (Lipinski definition) is 0. The summed E-state index contributed by atoms with van der Waals surface area (Å²) in [5, 5.41) is 14.8. The summed E-state index contributed by atoms with van der Waals surface area (Å²) in [7, 11) is 0. The number of benzene rings is 2. The second kappa shape index (κ2) is 6.03. The second-order valence-electron chi connectivity index (χ2n) is 5.78. The van der Waals surface area contributed by atoms with E-state index < -0.39 is 28.8 Å². The summed E-state index contributed by atoms with van der Waals surface area (Å²) in [5.74, 6) is -1.90. The Kier molecular flexibility index (Phi) is 3.80. The van der Waals surface area contributed by atoms with Crippen LogP contribution in [-0.4, -0.2) is 28.6 Å². The molecule has 2 aromatic rings. The first-order valence-corrected chi connectivity index (χ1v) is 8.38. The number of amides is 2. The highest BCUT2D eigenvalue weighted by atomic mass is 79.9. The number of halogens is 1. The number of oxime groups is 1. The molecule has 26 heavy (non-hydrogen) atoms. The van der Waals surface area contributed by atoms with Gasteiger partial charge in [0.2, 0.25) is 12.0 Å². The fourth-order valence-electron chi connectivity index (χ4n) is 3.04. The summed E-state index contributed by atoms with van der Waals surface area (Å²) in [6.07, 6.45) is -1.06. The van der Waals surface area contributed by atoms with Crippen molar-refractivity contribution in [3.05, 3.63) is 68.7 Å². The van der Waals surface area contributed by atoms with Crippen LogP contribution in [-0.2, 0) is 14.4 Å². The van der Waals surface area contributed by atoms with Crippen LogP contribution >= 0.6 is 15.9 Å². The third-order valence-electron chi connectivity index (χ3n) is 4.25. The second-order valence-corrected chi connectivity index (χ2v) is 6.69. The molecule has 0 aromatic heterocycles. The fourth-order valence-corrected chi connectivity index (χ4v) is 3.30. The molecule has 2 aliphatic rings. The minimum atomic E-state index is -1.06. The van der Waals surface area contributed by atoms with E-state index >= 15 is 0 Å². The number of nitro groups is 1. The van der Waals surface area contributed by atoms with Gasteiger partial charge in [-0.25, -0.2) is 4.90 Å². The van der Waals surface area contributed by atoms with Crippen molar-refractivity contribution < 1.29 is 19.3 Å². The molecule has 9 heteroatoms. The topological polar surface area (TPSA) is 102 Å². The summed E-state index contributed by atoms with van der Waals surface area (Å²) in [6, 6.07) is 12.5. The standard InChI is InChI=1S/C17H10BrN3O5/c18-10-4-6-11(7-5-10)20-16(22)13-14(19-26-15(13)17(20)23)9-2-1-3-12(8-9)21(24)25/h1-8,13,15H/t13-,15+/m0/s1. The number of non-ortho nitro benzene ring substituents is 1. The minimum Gasteiger partial charge on any atom is -0.381 e. The molecular weight excluding hydrogens is 406 g/mol. The van der Waals surface area contributed by atoms with Crippen molar-refractivity contribution >= 4 is 44.8 Å². The first-order chi connectivity index (χ1) is 12.5. The van der Waals surface area contributed by atoms with Gasteiger partial charge in [-0.05, 0) is 24.3 Å². The quantitative estimate of drug-likeness (QED) is 0.435. The predicted octanol–water partition coefficient (Wildman–Crippen LogP) is 2.65. The van der Waals surface area contributed by atoms with Gasteiger partial charge in [-0.2, -0.15) is 0 Å². The molecule has 0 unspecified atom stereocenters. The van der Waals surface area contributed by atoms with E-state index in [-0.39, 0.29) is 11.4 Å². The highest BCUT2D eigenvalue weighted by Gasteiger charge is 2.56. The van der Waals surface area contributed by atoms with E-state index in [4.69, 9.17) is 4.84 Å². The first-order valence-electron chi connectivity index (χ1n) is 7.59. The molecule has 130 valence electrons. The molecule has 0 saturated carbocycles. The average molecular weight is 416 g/mol. The van der Waals surface area contributed by atoms with Gasteiger partial charge in [0.15, 0.2) is 0 Å². The monoisotopic (exact) mass is 415 g/mol. The maximum atomic E-state index is 12.9. The van der Waals surface area contributed by atoms with Crippen LogP contribution in [0.2, 0.25) is 0 Å². The normalized spacial score (nSPS) is 21.4. The van der Waals surface area contributed by atoms with Crippen LogP contribution < -0.4 is 4.90 Å². The average Bonchev–Trinajstić information content (AvgIpc) is 3.17. The van der Waals surface area contributed by atoms with Gasteiger partial charge in [0, 0.05) is 22.2 Å². The molecule has 2 amide bonds. The number of rotatable bonds is 3. The van der Waals surface area contributed by atoms with Crippen molar-refractivity contribution in [3.8, 4) is 0 Å². The molecular formula is C17H10BrN3O5. The van der Waals surface area contributed by atoms with Gasteiger partial charge in [-0.3, -0.25) is 19.7 Å². The van der Waals surface area contributed by atoms with Gasteiger partial charge in [0.1, 0.15) is 11.6 Å². The van der Waals surface area contributed by atoms with Crippen molar-refractivity contribution in [2.75, 3.05) is 4.90 Å². The lowest BCUT2D eigenvalue weighted by Gasteiger charge is -2.15. The van der Waals surface area contributed by atoms with Crippen molar-refractivity contribution in [1.29, 1.82) is 0 Å². The number of anilines is 1. The molecule has 2 aliphatic heterocycles. The van der Waals surface area contributed by atoms with Crippen LogP contribution in [0.15, 0.2) is 58.2 Å². The van der Waals surface area contributed by atoms with Crippen molar-refractivity contribution in [2.45, 2.75) is 6.10 Å². The van der Waals surface area contributed by atoms with Crippen LogP contribution in [0.5, 0.6) is 0 Å². The van der Waals surface area contributed by atoms with Crippen molar-refractivity contribution in [2.24, 2.45) is 11.1 Å². The third kappa shape index (κ3) is 2.48. The molecule has 0 aliphatic carbocycles. The largest absolute Gasteiger partial charge is 0.381 e. The van der Waals surface area contributed by atoms with Crippen LogP contribution in [0, 0.1) is 16.0 Å². The van der Waals surface area contributed by atoms with Gasteiger partial charge in [0.05, 0.1) is 10.6 Å². The van der Waals surface area contributed by atoms with Gasteiger partial charge < -0.3 is 4.84 Å². The van der Waals surface area contributed by atoms with E-state index in [9.17, 15) is 19.7 Å². The number of nitrogens with zero attached hydrogens (tertiary/aromatic N) is 3. The Balaban J connectivity index is 1.70. The molecule has 0 spiro atoms. The number of nitro benzene ring substituents is 1. The molecule has 0 N–H and O–H groups in total. The molecule has 2 heterocycles. The van der Waals surface area contributed by atoms with Crippen LogP contribution in [0.1, 0.15) is 5.56 Å². The smallest absolute Gasteiger partial charge is 0.278 e. The molecule has 4 rings (SSSR count). The zero-order chi connectivity index (χ0) is 18.4. The van der Waals surface area contributed by atoms with E-state index in [2.05, 4.69) is 21.1 Å². The van der Waals surface area contributed by atoms with Gasteiger partial charge in [0.25, 0.3) is 11.6 Å². The van der Waals surface area contributed by atoms with Crippen molar-refractivity contribution in [1.82, 2.24) is 0 Å². The van der Waals surface area contributed by atoms with Crippen molar-refractivity contribution in [3.63, 3.8) is 0 Å². The first kappa shape index (κ1) is 16.4. The van der Waals surface area contributed by atoms with Crippen LogP contribution in [0.4, 0.5) is 11.4 Å². The molecule has 0 bridgehead atoms. The zero-order valence-corrected chi connectivity index (χ0v) is 14.6. The maximum Gasteiger partial charge on any atom is 0.278 e. The molecule has 0 radical (unpaired) electrons. The molecule has 2 atom stereocenters. The Morgan fingerprint density at radius 1 is 1.12 bits per heavy atom. The fraction of sp³-hybridized carbons (Fsp3) is 0.118. The lowest BCUT2D eigenvalue weighted by Crippen LogP contribution is -2.33. The van der Waals surface area contributed by atoms with E-state index in [1.165, 1.54) is 18.2 Å². The highest BCUT2D eigenvalue weighted by Crippen LogP contribution is 2.35. The Morgan fingerprint density at radius 3 is 2.54 bits per heavy atom. The molecule has 2 aromatic carbocycles. The lowest BCUT2D eigenvalue weighted by atomic mass is 9.94. The van der Waals surface area contributed by atoms with E-state index in [0.29, 0.717) is 11.3 Å². The number of imide groups is 1. The SMILES string of the molecule is O=C1[C@H]2C(c3cccc([N+](=O)[O-])c3)=NO[C@H]2C(=O)N1c1ccc(Br)cc1. The van der Waals surface area contributed by atoms with Gasteiger partial charge in [-0.1, -0.05) is 33.2 Å². The summed E-state index contributed by atoms with van der Waals surface area (Å²) < 4.78 is 0.815. The molecule has 1 saturated heterocycles.